The van der Waals surface area contributed by atoms with E-state index in [0.29, 0.717) is 5.69 Å². The molecule has 0 spiro atoms. The Hall–Kier alpha value is -2.34. The van der Waals surface area contributed by atoms with Crippen LogP contribution in [0.2, 0.25) is 0 Å². The summed E-state index contributed by atoms with van der Waals surface area (Å²) < 4.78 is 0. The predicted molar refractivity (Wildman–Crippen MR) is 61.8 cm³/mol. The third-order valence-corrected chi connectivity index (χ3v) is 2.28. The number of nitrogens with one attached hydrogen (secondary N) is 1. The van der Waals surface area contributed by atoms with E-state index in [-0.39, 0.29) is 12.0 Å². The molecule has 16 heavy (non-hydrogen) atoms. The summed E-state index contributed by atoms with van der Waals surface area (Å²) in [5, 5.41) is 8.60. The minimum Gasteiger partial charge on any atom is -0.325 e. The lowest BCUT2D eigenvalue weighted by atomic mass is 10.1. The summed E-state index contributed by atoms with van der Waals surface area (Å²) in [5.74, 6) is 0. The summed E-state index contributed by atoms with van der Waals surface area (Å²) in [4.78, 5) is 14.0. The molecule has 0 atom stereocenters. The number of aromatic amines is 1. The van der Waals surface area contributed by atoms with Crippen LogP contribution < -0.4 is 5.56 Å². The first-order valence-electron chi connectivity index (χ1n) is 4.95. The zero-order valence-electron chi connectivity index (χ0n) is 8.60. The van der Waals surface area contributed by atoms with Crippen LogP contribution in [0, 0.1) is 11.3 Å². The summed E-state index contributed by atoms with van der Waals surface area (Å²) in [6.45, 7) is 0. The lowest BCUT2D eigenvalue weighted by Crippen LogP contribution is -2.07. The van der Waals surface area contributed by atoms with Gasteiger partial charge in [0.2, 0.25) is 5.56 Å². The number of pyridine rings is 1. The summed E-state index contributed by atoms with van der Waals surface area (Å²) in [5.41, 5.74) is 2.29. The van der Waals surface area contributed by atoms with E-state index in [1.165, 1.54) is 6.07 Å². The van der Waals surface area contributed by atoms with Gasteiger partial charge in [0.15, 0.2) is 0 Å². The molecule has 3 nitrogen and oxygen atoms in total. The van der Waals surface area contributed by atoms with Crippen molar-refractivity contribution in [2.75, 3.05) is 0 Å². The number of nitriles is 1. The van der Waals surface area contributed by atoms with Crippen molar-refractivity contribution >= 4 is 0 Å². The number of aromatic nitrogens is 1. The van der Waals surface area contributed by atoms with E-state index in [4.69, 9.17) is 5.26 Å². The van der Waals surface area contributed by atoms with Gasteiger partial charge in [0.05, 0.1) is 12.5 Å². The van der Waals surface area contributed by atoms with Gasteiger partial charge < -0.3 is 4.98 Å². The van der Waals surface area contributed by atoms with Crippen molar-refractivity contribution in [2.24, 2.45) is 0 Å². The lowest BCUT2D eigenvalue weighted by Gasteiger charge is -2.02. The second-order valence-corrected chi connectivity index (χ2v) is 3.46. The molecule has 0 unspecified atom stereocenters. The Labute approximate surface area is 93.0 Å². The van der Waals surface area contributed by atoms with Crippen LogP contribution in [0.15, 0.2) is 47.3 Å². The van der Waals surface area contributed by atoms with Gasteiger partial charge in [-0.25, -0.2) is 0 Å². The largest absolute Gasteiger partial charge is 0.325 e. The Morgan fingerprint density at radius 3 is 2.56 bits per heavy atom. The van der Waals surface area contributed by atoms with Gasteiger partial charge in [-0.3, -0.25) is 4.79 Å². The fourth-order valence-corrected chi connectivity index (χ4v) is 1.58. The molecule has 0 aliphatic carbocycles. The monoisotopic (exact) mass is 210 g/mol. The quantitative estimate of drug-likeness (QED) is 0.825. The number of H-pyrrole nitrogens is 1. The first-order chi connectivity index (χ1) is 7.79. The Morgan fingerprint density at radius 2 is 1.88 bits per heavy atom. The molecule has 2 rings (SSSR count). The summed E-state index contributed by atoms with van der Waals surface area (Å²) in [6, 6.07) is 15.0. The van der Waals surface area contributed by atoms with Crippen LogP contribution >= 0.6 is 0 Å². The maximum atomic E-state index is 11.4. The van der Waals surface area contributed by atoms with E-state index in [2.05, 4.69) is 4.98 Å². The third-order valence-electron chi connectivity index (χ3n) is 2.28. The van der Waals surface area contributed by atoms with Crippen LogP contribution in [-0.2, 0) is 6.42 Å². The molecule has 0 aliphatic heterocycles. The molecule has 0 aliphatic rings. The number of hydrogen-bond acceptors (Lipinski definition) is 2. The van der Waals surface area contributed by atoms with Gasteiger partial charge in [0, 0.05) is 11.8 Å². The van der Waals surface area contributed by atoms with Gasteiger partial charge in [0.25, 0.3) is 0 Å². The van der Waals surface area contributed by atoms with E-state index < -0.39 is 0 Å². The minimum atomic E-state index is -0.174. The Morgan fingerprint density at radius 1 is 1.12 bits per heavy atom. The van der Waals surface area contributed by atoms with Crippen LogP contribution in [0.1, 0.15) is 5.69 Å². The molecule has 3 heteroatoms. The van der Waals surface area contributed by atoms with Crippen molar-refractivity contribution in [1.82, 2.24) is 4.98 Å². The van der Waals surface area contributed by atoms with Crippen LogP contribution in [0.3, 0.4) is 0 Å². The second kappa shape index (κ2) is 4.45. The number of hydrogen-bond donors (Lipinski definition) is 1. The topological polar surface area (TPSA) is 56.6 Å². The minimum absolute atomic E-state index is 0.174. The zero-order valence-corrected chi connectivity index (χ0v) is 8.60. The number of rotatable bonds is 2. The molecule has 0 radical (unpaired) electrons. The Balaban J connectivity index is 2.51. The van der Waals surface area contributed by atoms with Crippen molar-refractivity contribution in [2.45, 2.75) is 6.42 Å². The van der Waals surface area contributed by atoms with Gasteiger partial charge >= 0.3 is 0 Å². The van der Waals surface area contributed by atoms with E-state index in [1.807, 2.05) is 42.5 Å². The first kappa shape index (κ1) is 10.2. The molecular weight excluding hydrogens is 200 g/mol. The molecule has 0 bridgehead atoms. The summed E-state index contributed by atoms with van der Waals surface area (Å²) in [7, 11) is 0. The Kier molecular flexibility index (Phi) is 2.84. The SMILES string of the molecule is N#CCc1cc(-c2ccccc2)cc(=O)[nH]1. The van der Waals surface area contributed by atoms with Gasteiger partial charge in [-0.2, -0.15) is 5.26 Å². The van der Waals surface area contributed by atoms with E-state index in [9.17, 15) is 4.79 Å². The average Bonchev–Trinajstić information content (AvgIpc) is 2.30. The van der Waals surface area contributed by atoms with Gasteiger partial charge in [-0.05, 0) is 17.2 Å². The Bertz CT molecular complexity index is 579. The fourth-order valence-electron chi connectivity index (χ4n) is 1.58. The standard InChI is InChI=1S/C13H10N2O/c14-7-6-12-8-11(9-13(16)15-12)10-4-2-1-3-5-10/h1-5,8-9H,6H2,(H,15,16). The second-order valence-electron chi connectivity index (χ2n) is 3.46. The molecule has 0 amide bonds. The van der Waals surface area contributed by atoms with Gasteiger partial charge in [-0.1, -0.05) is 30.3 Å². The van der Waals surface area contributed by atoms with Crippen LogP contribution in [-0.4, -0.2) is 4.98 Å². The van der Waals surface area contributed by atoms with Crippen molar-refractivity contribution < 1.29 is 0 Å². The summed E-state index contributed by atoms with van der Waals surface area (Å²) >= 11 is 0. The normalized spacial score (nSPS) is 9.69. The van der Waals surface area contributed by atoms with Crippen molar-refractivity contribution in [3.8, 4) is 17.2 Å². The molecule has 1 heterocycles. The number of nitrogens with zero attached hydrogens (tertiary/aromatic N) is 1. The predicted octanol–water partition coefficient (Wildman–Crippen LogP) is 2.11. The highest BCUT2D eigenvalue weighted by Gasteiger charge is 2.01. The molecule has 1 aromatic carbocycles. The van der Waals surface area contributed by atoms with Crippen molar-refractivity contribution in [3.05, 3.63) is 58.5 Å². The maximum Gasteiger partial charge on any atom is 0.248 e. The van der Waals surface area contributed by atoms with E-state index in [0.717, 1.165) is 11.1 Å². The fraction of sp³-hybridized carbons (Fsp3) is 0.0769. The van der Waals surface area contributed by atoms with Crippen LogP contribution in [0.5, 0.6) is 0 Å². The third kappa shape index (κ3) is 2.18. The molecule has 1 N–H and O–H groups in total. The van der Waals surface area contributed by atoms with Gasteiger partial charge in [0.1, 0.15) is 0 Å². The molecule has 1 aromatic heterocycles. The highest BCUT2D eigenvalue weighted by atomic mass is 16.1. The average molecular weight is 210 g/mol. The maximum absolute atomic E-state index is 11.4. The van der Waals surface area contributed by atoms with Crippen LogP contribution in [0.4, 0.5) is 0 Å². The lowest BCUT2D eigenvalue weighted by molar-refractivity contribution is 1.08. The summed E-state index contributed by atoms with van der Waals surface area (Å²) in [6.07, 6.45) is 0.218. The van der Waals surface area contributed by atoms with Crippen molar-refractivity contribution in [1.29, 1.82) is 5.26 Å². The highest BCUT2D eigenvalue weighted by Crippen LogP contribution is 2.17. The molecular formula is C13H10N2O. The van der Waals surface area contributed by atoms with E-state index in [1.54, 1.807) is 0 Å². The molecule has 0 fully saturated rings. The zero-order chi connectivity index (χ0) is 11.4. The smallest absolute Gasteiger partial charge is 0.248 e. The van der Waals surface area contributed by atoms with Crippen molar-refractivity contribution in [3.63, 3.8) is 0 Å². The first-order valence-corrected chi connectivity index (χ1v) is 4.95. The molecule has 2 aromatic rings. The molecule has 0 saturated carbocycles. The highest BCUT2D eigenvalue weighted by molar-refractivity contribution is 5.63. The van der Waals surface area contributed by atoms with Crippen LogP contribution in [0.25, 0.3) is 11.1 Å². The van der Waals surface area contributed by atoms with Gasteiger partial charge in [-0.15, -0.1) is 0 Å². The number of benzene rings is 1. The van der Waals surface area contributed by atoms with E-state index >= 15 is 0 Å². The molecule has 0 saturated heterocycles. The molecule has 78 valence electrons.